The first-order valence-electron chi connectivity index (χ1n) is 10.7. The molecule has 2 aromatic carbocycles. The van der Waals surface area contributed by atoms with E-state index in [0.29, 0.717) is 23.9 Å². The Labute approximate surface area is 181 Å². The minimum atomic E-state index is -0.742. The summed E-state index contributed by atoms with van der Waals surface area (Å²) in [6.45, 7) is 8.76. The van der Waals surface area contributed by atoms with Crippen LogP contribution in [0.4, 0.5) is 0 Å². The van der Waals surface area contributed by atoms with Gasteiger partial charge in [-0.15, -0.1) is 0 Å². The van der Waals surface area contributed by atoms with Gasteiger partial charge in [0, 0.05) is 12.0 Å². The summed E-state index contributed by atoms with van der Waals surface area (Å²) in [4.78, 5) is 18.2. The second-order valence-corrected chi connectivity index (χ2v) is 9.45. The predicted molar refractivity (Wildman–Crippen MR) is 120 cm³/mol. The third kappa shape index (κ3) is 3.21. The van der Waals surface area contributed by atoms with Gasteiger partial charge in [0.2, 0.25) is 0 Å². The van der Waals surface area contributed by atoms with E-state index in [9.17, 15) is 9.90 Å². The number of aliphatic hydroxyl groups is 1. The molecule has 0 amide bonds. The fourth-order valence-electron chi connectivity index (χ4n) is 4.44. The van der Waals surface area contributed by atoms with E-state index in [1.54, 1.807) is 6.33 Å². The maximum atomic E-state index is 13.5. The topological polar surface area (TPSA) is 82.8 Å². The van der Waals surface area contributed by atoms with E-state index in [-0.39, 0.29) is 18.2 Å². The van der Waals surface area contributed by atoms with Crippen LogP contribution in [0.1, 0.15) is 40.2 Å². The van der Waals surface area contributed by atoms with Gasteiger partial charge in [0.05, 0.1) is 47.2 Å². The van der Waals surface area contributed by atoms with E-state index in [4.69, 9.17) is 14.0 Å². The molecule has 0 aliphatic carbocycles. The average Bonchev–Trinajstić information content (AvgIpc) is 2.95. The van der Waals surface area contributed by atoms with E-state index in [1.165, 1.54) is 4.57 Å². The highest BCUT2D eigenvalue weighted by molar-refractivity contribution is 6.65. The van der Waals surface area contributed by atoms with Crippen LogP contribution < -0.4 is 11.0 Å². The lowest BCUT2D eigenvalue weighted by atomic mass is 9.75. The first-order chi connectivity index (χ1) is 14.7. The van der Waals surface area contributed by atoms with Crippen LogP contribution in [0, 0.1) is 0 Å². The van der Waals surface area contributed by atoms with Crippen LogP contribution >= 0.6 is 0 Å². The Morgan fingerprint density at radius 1 is 1.10 bits per heavy atom. The molecule has 2 aliphatic heterocycles. The summed E-state index contributed by atoms with van der Waals surface area (Å²) in [5, 5.41) is 12.7. The van der Waals surface area contributed by atoms with Crippen molar-refractivity contribution >= 4 is 34.3 Å². The van der Waals surface area contributed by atoms with Gasteiger partial charge in [-0.1, -0.05) is 24.3 Å². The number of hydrogen-bond acceptors (Lipinski definition) is 6. The molecular weight excluding hydrogens is 395 g/mol. The molecule has 3 heterocycles. The van der Waals surface area contributed by atoms with Crippen molar-refractivity contribution in [2.75, 3.05) is 13.2 Å². The highest BCUT2D eigenvalue weighted by atomic mass is 16.7. The van der Waals surface area contributed by atoms with E-state index >= 15 is 0 Å². The fourth-order valence-corrected chi connectivity index (χ4v) is 4.44. The maximum Gasteiger partial charge on any atom is 0.495 e. The van der Waals surface area contributed by atoms with Gasteiger partial charge in [-0.05, 0) is 51.0 Å². The molecule has 2 atom stereocenters. The molecule has 8 heteroatoms. The second-order valence-electron chi connectivity index (χ2n) is 9.45. The Hall–Kier alpha value is -2.26. The van der Waals surface area contributed by atoms with Crippen molar-refractivity contribution in [3.05, 3.63) is 47.0 Å². The Morgan fingerprint density at radius 3 is 2.45 bits per heavy atom. The van der Waals surface area contributed by atoms with Crippen LogP contribution in [-0.4, -0.2) is 52.3 Å². The highest BCUT2D eigenvalue weighted by Crippen LogP contribution is 2.37. The summed E-state index contributed by atoms with van der Waals surface area (Å²) in [6.07, 6.45) is 1.37. The normalized spacial score (nSPS) is 25.4. The zero-order valence-electron chi connectivity index (χ0n) is 18.3. The Kier molecular flexibility index (Phi) is 4.75. The van der Waals surface area contributed by atoms with Crippen molar-refractivity contribution in [1.82, 2.24) is 9.55 Å². The number of ether oxygens (including phenoxy) is 1. The molecule has 7 nitrogen and oxygen atoms in total. The number of rotatable bonds is 2. The van der Waals surface area contributed by atoms with Gasteiger partial charge >= 0.3 is 7.12 Å². The largest absolute Gasteiger partial charge is 0.495 e. The average molecular weight is 422 g/mol. The summed E-state index contributed by atoms with van der Waals surface area (Å²) in [5.41, 5.74) is 0.286. The number of benzene rings is 2. The van der Waals surface area contributed by atoms with Gasteiger partial charge < -0.3 is 19.2 Å². The minimum Gasteiger partial charge on any atom is -0.399 e. The van der Waals surface area contributed by atoms with Crippen molar-refractivity contribution in [3.8, 4) is 0 Å². The number of fused-ring (bicyclic) bond motifs is 3. The lowest BCUT2D eigenvalue weighted by molar-refractivity contribution is -0.0395. The third-order valence-electron chi connectivity index (χ3n) is 6.98. The first kappa shape index (κ1) is 20.6. The lowest BCUT2D eigenvalue weighted by Crippen LogP contribution is -2.41. The Morgan fingerprint density at radius 2 is 1.77 bits per heavy atom. The molecule has 5 rings (SSSR count). The summed E-state index contributed by atoms with van der Waals surface area (Å²) in [5.74, 6) is 0. The van der Waals surface area contributed by atoms with Gasteiger partial charge in [-0.25, -0.2) is 4.98 Å². The molecule has 0 radical (unpaired) electrons. The number of nitrogens with zero attached hydrogens (tertiary/aromatic N) is 2. The van der Waals surface area contributed by atoms with Crippen LogP contribution in [0.3, 0.4) is 0 Å². The third-order valence-corrected chi connectivity index (χ3v) is 6.98. The number of aromatic nitrogens is 2. The first-order valence-corrected chi connectivity index (χ1v) is 10.7. The summed E-state index contributed by atoms with van der Waals surface area (Å²) in [6, 6.07) is 9.35. The molecule has 2 fully saturated rings. The molecule has 2 unspecified atom stereocenters. The predicted octanol–water partition coefficient (Wildman–Crippen LogP) is 2.17. The van der Waals surface area contributed by atoms with Crippen molar-refractivity contribution in [2.45, 2.75) is 57.5 Å². The quantitative estimate of drug-likeness (QED) is 0.504. The van der Waals surface area contributed by atoms with Gasteiger partial charge in [-0.3, -0.25) is 9.36 Å². The minimum absolute atomic E-state index is 0.181. The summed E-state index contributed by atoms with van der Waals surface area (Å²) < 4.78 is 19.5. The molecule has 162 valence electrons. The molecule has 3 aromatic rings. The van der Waals surface area contributed by atoms with Gasteiger partial charge in [0.25, 0.3) is 5.56 Å². The van der Waals surface area contributed by atoms with Crippen LogP contribution in [0.15, 0.2) is 41.5 Å². The van der Waals surface area contributed by atoms with Crippen molar-refractivity contribution in [3.63, 3.8) is 0 Å². The monoisotopic (exact) mass is 422 g/mol. The standard InChI is InChI=1S/C23H27BN2O5/c1-22(2)23(3,4)31-24(30-22)17-11-16-20(15-8-6-5-7-14(15)17)25-13-26(21(16)28)18-9-10-29-12-19(18)27/h5-8,11,13,18-19,27H,9-10,12H2,1-4H3. The van der Waals surface area contributed by atoms with Crippen LogP contribution in [0.5, 0.6) is 0 Å². The molecule has 31 heavy (non-hydrogen) atoms. The van der Waals surface area contributed by atoms with Gasteiger partial charge in [0.1, 0.15) is 0 Å². The van der Waals surface area contributed by atoms with Crippen LogP contribution in [0.2, 0.25) is 0 Å². The van der Waals surface area contributed by atoms with Crippen LogP contribution in [0.25, 0.3) is 21.7 Å². The van der Waals surface area contributed by atoms with Crippen LogP contribution in [-0.2, 0) is 14.0 Å². The van der Waals surface area contributed by atoms with E-state index in [1.807, 2.05) is 58.0 Å². The molecule has 1 aromatic heterocycles. The molecule has 0 spiro atoms. The van der Waals surface area contributed by atoms with Crippen molar-refractivity contribution in [1.29, 1.82) is 0 Å². The fraction of sp³-hybridized carbons (Fsp3) is 0.478. The lowest BCUT2D eigenvalue weighted by Gasteiger charge is -2.32. The number of aliphatic hydroxyl groups excluding tert-OH is 1. The molecule has 2 aliphatic rings. The van der Waals surface area contributed by atoms with Gasteiger partial charge in [-0.2, -0.15) is 0 Å². The molecule has 2 saturated heterocycles. The Balaban J connectivity index is 1.72. The van der Waals surface area contributed by atoms with E-state index < -0.39 is 24.4 Å². The molecule has 0 bridgehead atoms. The summed E-state index contributed by atoms with van der Waals surface area (Å²) in [7, 11) is -0.596. The van der Waals surface area contributed by atoms with E-state index in [0.717, 1.165) is 16.2 Å². The SMILES string of the molecule is CC1(C)OB(c2cc3c(=O)n(C4CCOCC4O)cnc3c3ccccc23)OC1(C)C. The Bertz CT molecular complexity index is 1210. The maximum absolute atomic E-state index is 13.5. The van der Waals surface area contributed by atoms with Crippen molar-refractivity contribution < 1.29 is 19.2 Å². The molecular formula is C23H27BN2O5. The molecule has 0 saturated carbocycles. The summed E-state index contributed by atoms with van der Waals surface area (Å²) >= 11 is 0. The van der Waals surface area contributed by atoms with Crippen molar-refractivity contribution in [2.24, 2.45) is 0 Å². The zero-order valence-corrected chi connectivity index (χ0v) is 18.3. The van der Waals surface area contributed by atoms with E-state index in [2.05, 4.69) is 4.98 Å². The zero-order chi connectivity index (χ0) is 22.0. The van der Waals surface area contributed by atoms with Gasteiger partial charge in [0.15, 0.2) is 0 Å². The molecule has 1 N–H and O–H groups in total. The number of hydrogen-bond donors (Lipinski definition) is 1. The smallest absolute Gasteiger partial charge is 0.399 e. The highest BCUT2D eigenvalue weighted by Gasteiger charge is 2.52. The second kappa shape index (κ2) is 7.13.